The lowest BCUT2D eigenvalue weighted by Crippen LogP contribution is -2.28. The van der Waals surface area contributed by atoms with Crippen molar-refractivity contribution in [3.05, 3.63) is 24.3 Å². The number of carbonyl (C=O) groups excluding carboxylic acids is 1. The highest BCUT2D eigenvalue weighted by Gasteiger charge is 2.13. The van der Waals surface area contributed by atoms with Gasteiger partial charge in [0.25, 0.3) is 0 Å². The van der Waals surface area contributed by atoms with Gasteiger partial charge in [-0.05, 0) is 25.6 Å². The largest absolute Gasteiger partial charge is 0.491 e. The van der Waals surface area contributed by atoms with Gasteiger partial charge in [-0.2, -0.15) is 0 Å². The summed E-state index contributed by atoms with van der Waals surface area (Å²) >= 11 is 0. The second-order valence-corrected chi connectivity index (χ2v) is 4.65. The molecule has 0 radical (unpaired) electrons. The molecule has 4 heteroatoms. The third kappa shape index (κ3) is 5.30. The van der Waals surface area contributed by atoms with Crippen LogP contribution in [0.1, 0.15) is 26.7 Å². The van der Waals surface area contributed by atoms with E-state index in [1.54, 1.807) is 0 Å². The van der Waals surface area contributed by atoms with Crippen molar-refractivity contribution in [2.24, 2.45) is 5.92 Å². The van der Waals surface area contributed by atoms with Crippen LogP contribution in [0.5, 0.6) is 5.75 Å². The van der Waals surface area contributed by atoms with Crippen LogP contribution in [0.4, 0.5) is 5.69 Å². The standard InChI is InChI=1S/C15H24N2O2/c1-4-5-10-19-14-9-7-6-8-13(14)17-15(18)12(2)11-16-3/h6-9,12,16H,4-5,10-11H2,1-3H3,(H,17,18). The van der Waals surface area contributed by atoms with Gasteiger partial charge in [0.2, 0.25) is 5.91 Å². The van der Waals surface area contributed by atoms with Crippen LogP contribution in [0.25, 0.3) is 0 Å². The molecule has 0 saturated carbocycles. The monoisotopic (exact) mass is 264 g/mol. The van der Waals surface area contributed by atoms with Crippen molar-refractivity contribution in [3.63, 3.8) is 0 Å². The van der Waals surface area contributed by atoms with Crippen molar-refractivity contribution in [1.82, 2.24) is 5.32 Å². The van der Waals surface area contributed by atoms with Gasteiger partial charge < -0.3 is 15.4 Å². The van der Waals surface area contributed by atoms with Crippen molar-refractivity contribution < 1.29 is 9.53 Å². The average molecular weight is 264 g/mol. The Labute approximate surface area is 115 Å². The van der Waals surface area contributed by atoms with Crippen LogP contribution in [0, 0.1) is 5.92 Å². The second-order valence-electron chi connectivity index (χ2n) is 4.65. The minimum absolute atomic E-state index is 0.000825. The molecule has 2 N–H and O–H groups in total. The van der Waals surface area contributed by atoms with E-state index in [1.807, 2.05) is 38.2 Å². The Hall–Kier alpha value is -1.55. The molecule has 1 aromatic carbocycles. The number of amides is 1. The molecule has 0 aromatic heterocycles. The molecule has 1 atom stereocenters. The van der Waals surface area contributed by atoms with E-state index in [4.69, 9.17) is 4.74 Å². The Balaban J connectivity index is 2.63. The van der Waals surface area contributed by atoms with Gasteiger partial charge in [0.15, 0.2) is 0 Å². The summed E-state index contributed by atoms with van der Waals surface area (Å²) in [6.45, 7) is 5.35. The van der Waals surface area contributed by atoms with Gasteiger partial charge in [-0.1, -0.05) is 32.4 Å². The molecule has 0 heterocycles. The SMILES string of the molecule is CCCCOc1ccccc1NC(=O)C(C)CNC. The first-order chi connectivity index (χ1) is 9.19. The number of rotatable bonds is 8. The smallest absolute Gasteiger partial charge is 0.228 e. The maximum absolute atomic E-state index is 12.0. The Bertz CT molecular complexity index is 393. The van der Waals surface area contributed by atoms with Crippen LogP contribution in [-0.2, 0) is 4.79 Å². The highest BCUT2D eigenvalue weighted by molar-refractivity contribution is 5.93. The number of unbranched alkanes of at least 4 members (excludes halogenated alkanes) is 1. The topological polar surface area (TPSA) is 50.4 Å². The molecule has 0 fully saturated rings. The Morgan fingerprint density at radius 1 is 1.37 bits per heavy atom. The van der Waals surface area contributed by atoms with Crippen LogP contribution in [0.3, 0.4) is 0 Å². The van der Waals surface area contributed by atoms with E-state index in [2.05, 4.69) is 17.6 Å². The Morgan fingerprint density at radius 2 is 2.11 bits per heavy atom. The molecule has 0 saturated heterocycles. The Kier molecular flexibility index (Phi) is 6.97. The number of anilines is 1. The predicted molar refractivity (Wildman–Crippen MR) is 78.6 cm³/mol. The number of nitrogens with one attached hydrogen (secondary N) is 2. The fourth-order valence-electron chi connectivity index (χ4n) is 1.68. The van der Waals surface area contributed by atoms with Gasteiger partial charge in [-0.3, -0.25) is 4.79 Å². The maximum Gasteiger partial charge on any atom is 0.228 e. The average Bonchev–Trinajstić information content (AvgIpc) is 2.41. The van der Waals surface area contributed by atoms with Crippen molar-refractivity contribution >= 4 is 11.6 Å². The highest BCUT2D eigenvalue weighted by Crippen LogP contribution is 2.24. The number of ether oxygens (including phenoxy) is 1. The molecule has 106 valence electrons. The Morgan fingerprint density at radius 3 is 2.79 bits per heavy atom. The van der Waals surface area contributed by atoms with E-state index in [-0.39, 0.29) is 11.8 Å². The number of hydrogen-bond donors (Lipinski definition) is 2. The van der Waals surface area contributed by atoms with Gasteiger partial charge in [0.05, 0.1) is 12.3 Å². The first-order valence-electron chi connectivity index (χ1n) is 6.86. The van der Waals surface area contributed by atoms with Gasteiger partial charge in [-0.25, -0.2) is 0 Å². The van der Waals surface area contributed by atoms with E-state index < -0.39 is 0 Å². The van der Waals surface area contributed by atoms with E-state index in [0.29, 0.717) is 13.2 Å². The second kappa shape index (κ2) is 8.53. The van der Waals surface area contributed by atoms with Crippen LogP contribution < -0.4 is 15.4 Å². The fraction of sp³-hybridized carbons (Fsp3) is 0.533. The molecule has 1 unspecified atom stereocenters. The van der Waals surface area contributed by atoms with Crippen molar-refractivity contribution in [2.75, 3.05) is 25.5 Å². The first kappa shape index (κ1) is 15.5. The van der Waals surface area contributed by atoms with E-state index in [0.717, 1.165) is 24.3 Å². The molecule has 0 bridgehead atoms. The molecule has 4 nitrogen and oxygen atoms in total. The maximum atomic E-state index is 12.0. The van der Waals surface area contributed by atoms with Gasteiger partial charge >= 0.3 is 0 Å². The zero-order valence-corrected chi connectivity index (χ0v) is 12.0. The molecule has 0 aliphatic carbocycles. The fourth-order valence-corrected chi connectivity index (χ4v) is 1.68. The summed E-state index contributed by atoms with van der Waals surface area (Å²) in [6, 6.07) is 7.55. The van der Waals surface area contributed by atoms with Crippen LogP contribution in [0.15, 0.2) is 24.3 Å². The van der Waals surface area contributed by atoms with Crippen LogP contribution in [0.2, 0.25) is 0 Å². The molecule has 1 aromatic rings. The molecular formula is C15H24N2O2. The highest BCUT2D eigenvalue weighted by atomic mass is 16.5. The third-order valence-corrected chi connectivity index (χ3v) is 2.86. The summed E-state index contributed by atoms with van der Waals surface area (Å²) in [5.41, 5.74) is 0.742. The zero-order valence-electron chi connectivity index (χ0n) is 12.0. The molecule has 1 rings (SSSR count). The molecule has 19 heavy (non-hydrogen) atoms. The van der Waals surface area contributed by atoms with Crippen molar-refractivity contribution in [3.8, 4) is 5.75 Å². The number of benzene rings is 1. The zero-order chi connectivity index (χ0) is 14.1. The summed E-state index contributed by atoms with van der Waals surface area (Å²) in [4.78, 5) is 12.0. The summed E-state index contributed by atoms with van der Waals surface area (Å²) in [7, 11) is 1.84. The lowest BCUT2D eigenvalue weighted by atomic mass is 10.1. The first-order valence-corrected chi connectivity index (χ1v) is 6.86. The van der Waals surface area contributed by atoms with Crippen molar-refractivity contribution in [2.45, 2.75) is 26.7 Å². The molecule has 1 amide bonds. The summed E-state index contributed by atoms with van der Waals surface area (Å²) in [6.07, 6.45) is 2.10. The van der Waals surface area contributed by atoms with Crippen molar-refractivity contribution in [1.29, 1.82) is 0 Å². The lowest BCUT2D eigenvalue weighted by Gasteiger charge is -2.15. The number of hydrogen-bond acceptors (Lipinski definition) is 3. The minimum atomic E-state index is -0.0753. The van der Waals surface area contributed by atoms with E-state index in [1.165, 1.54) is 0 Å². The molecular weight excluding hydrogens is 240 g/mol. The molecule has 0 aliphatic rings. The quantitative estimate of drug-likeness (QED) is 0.710. The number of para-hydroxylation sites is 2. The summed E-state index contributed by atoms with van der Waals surface area (Å²) in [5, 5.41) is 5.92. The van der Waals surface area contributed by atoms with E-state index >= 15 is 0 Å². The minimum Gasteiger partial charge on any atom is -0.491 e. The lowest BCUT2D eigenvalue weighted by molar-refractivity contribution is -0.119. The van der Waals surface area contributed by atoms with E-state index in [9.17, 15) is 4.79 Å². The molecule has 0 aliphatic heterocycles. The predicted octanol–water partition coefficient (Wildman–Crippen LogP) is 2.66. The van der Waals surface area contributed by atoms with Crippen LogP contribution >= 0.6 is 0 Å². The molecule has 0 spiro atoms. The van der Waals surface area contributed by atoms with Gasteiger partial charge in [-0.15, -0.1) is 0 Å². The summed E-state index contributed by atoms with van der Waals surface area (Å²) in [5.74, 6) is 0.663. The summed E-state index contributed by atoms with van der Waals surface area (Å²) < 4.78 is 5.69. The van der Waals surface area contributed by atoms with Crippen LogP contribution in [-0.4, -0.2) is 26.1 Å². The van der Waals surface area contributed by atoms with Gasteiger partial charge in [0.1, 0.15) is 5.75 Å². The third-order valence-electron chi connectivity index (χ3n) is 2.86. The number of carbonyl (C=O) groups is 1. The normalized spacial score (nSPS) is 11.9. The van der Waals surface area contributed by atoms with Gasteiger partial charge in [0, 0.05) is 12.5 Å².